The van der Waals surface area contributed by atoms with Crippen molar-refractivity contribution in [3.8, 4) is 5.69 Å². The molecule has 0 saturated heterocycles. The van der Waals surface area contributed by atoms with Gasteiger partial charge in [0.05, 0.1) is 11.9 Å². The van der Waals surface area contributed by atoms with Gasteiger partial charge in [0.15, 0.2) is 10.8 Å². The first-order chi connectivity index (χ1) is 11.8. The fraction of sp³-hybridized carbons (Fsp3) is 0.0588. The Labute approximate surface area is 141 Å². The van der Waals surface area contributed by atoms with Gasteiger partial charge in [0, 0.05) is 18.1 Å². The first kappa shape index (κ1) is 14.6. The Morgan fingerprint density at radius 1 is 1.08 bits per heavy atom. The smallest absolute Gasteiger partial charge is 0.268 e. The topological polar surface area (TPSA) is 76.5 Å². The number of benzene rings is 1. The van der Waals surface area contributed by atoms with Crippen LogP contribution in [0.25, 0.3) is 16.7 Å². The summed E-state index contributed by atoms with van der Waals surface area (Å²) >= 11 is 1.49. The average Bonchev–Trinajstić information content (AvgIpc) is 3.10. The zero-order valence-corrected chi connectivity index (χ0v) is 13.4. The number of para-hydroxylation sites is 1. The molecule has 0 saturated carbocycles. The van der Waals surface area contributed by atoms with Crippen molar-refractivity contribution in [2.75, 3.05) is 0 Å². The van der Waals surface area contributed by atoms with Gasteiger partial charge in [0.2, 0.25) is 0 Å². The van der Waals surface area contributed by atoms with E-state index in [1.165, 1.54) is 18.0 Å². The molecule has 0 aliphatic heterocycles. The number of nitrogens with one attached hydrogen (secondary N) is 1. The number of aromatic amines is 1. The van der Waals surface area contributed by atoms with Crippen molar-refractivity contribution in [3.05, 3.63) is 77.0 Å². The zero-order chi connectivity index (χ0) is 16.4. The second kappa shape index (κ2) is 6.29. The molecule has 0 amide bonds. The summed E-state index contributed by atoms with van der Waals surface area (Å²) in [6.45, 7) is 0. The Morgan fingerprint density at radius 3 is 2.75 bits per heavy atom. The van der Waals surface area contributed by atoms with Crippen LogP contribution >= 0.6 is 11.8 Å². The van der Waals surface area contributed by atoms with Crippen LogP contribution in [0.2, 0.25) is 0 Å². The van der Waals surface area contributed by atoms with Crippen LogP contribution in [0.4, 0.5) is 0 Å². The van der Waals surface area contributed by atoms with E-state index in [4.69, 9.17) is 0 Å². The molecule has 0 fully saturated rings. The molecule has 4 rings (SSSR count). The molecule has 0 atom stereocenters. The number of nitrogens with zero attached hydrogens (tertiary/aromatic N) is 4. The minimum Gasteiger partial charge on any atom is -0.268 e. The summed E-state index contributed by atoms with van der Waals surface area (Å²) in [4.78, 5) is 21.6. The molecule has 0 unspecified atom stereocenters. The molecule has 1 N–H and O–H groups in total. The van der Waals surface area contributed by atoms with E-state index in [1.807, 2.05) is 48.7 Å². The molecule has 0 spiro atoms. The molecule has 0 radical (unpaired) electrons. The Morgan fingerprint density at radius 2 is 1.96 bits per heavy atom. The molecule has 0 aliphatic carbocycles. The molecule has 7 heteroatoms. The first-order valence-corrected chi connectivity index (χ1v) is 8.35. The molecule has 3 heterocycles. The van der Waals surface area contributed by atoms with E-state index in [2.05, 4.69) is 20.2 Å². The molecule has 3 aromatic heterocycles. The third-order valence-electron chi connectivity index (χ3n) is 3.56. The highest BCUT2D eigenvalue weighted by atomic mass is 32.2. The molecule has 6 nitrogen and oxygen atoms in total. The van der Waals surface area contributed by atoms with Gasteiger partial charge < -0.3 is 0 Å². The summed E-state index contributed by atoms with van der Waals surface area (Å²) in [7, 11) is 0. The number of aromatic nitrogens is 5. The summed E-state index contributed by atoms with van der Waals surface area (Å²) in [6.07, 6.45) is 5.06. The van der Waals surface area contributed by atoms with E-state index in [0.717, 1.165) is 11.3 Å². The predicted molar refractivity (Wildman–Crippen MR) is 93.3 cm³/mol. The first-order valence-electron chi connectivity index (χ1n) is 7.36. The SMILES string of the molecule is O=c1c2cn[nH]c2nc(SCc2cccnc2)n1-c1ccccc1. The van der Waals surface area contributed by atoms with Gasteiger partial charge in [0.1, 0.15) is 5.39 Å². The minimum atomic E-state index is -0.131. The Kier molecular flexibility index (Phi) is 3.84. The monoisotopic (exact) mass is 335 g/mol. The van der Waals surface area contributed by atoms with Crippen molar-refractivity contribution in [3.63, 3.8) is 0 Å². The van der Waals surface area contributed by atoms with Crippen molar-refractivity contribution in [2.24, 2.45) is 0 Å². The maximum atomic E-state index is 12.9. The highest BCUT2D eigenvalue weighted by Crippen LogP contribution is 2.23. The largest absolute Gasteiger partial charge is 0.269 e. The van der Waals surface area contributed by atoms with Crippen molar-refractivity contribution < 1.29 is 0 Å². The van der Waals surface area contributed by atoms with Gasteiger partial charge in [0.25, 0.3) is 5.56 Å². The lowest BCUT2D eigenvalue weighted by Gasteiger charge is -2.11. The second-order valence-electron chi connectivity index (χ2n) is 5.15. The number of thioether (sulfide) groups is 1. The van der Waals surface area contributed by atoms with Gasteiger partial charge in [-0.2, -0.15) is 5.10 Å². The molecule has 0 aliphatic rings. The molecule has 4 aromatic rings. The molecule has 1 aromatic carbocycles. The van der Waals surface area contributed by atoms with Crippen LogP contribution < -0.4 is 5.56 Å². The highest BCUT2D eigenvalue weighted by Gasteiger charge is 2.14. The third kappa shape index (κ3) is 2.69. The summed E-state index contributed by atoms with van der Waals surface area (Å²) in [5, 5.41) is 7.81. The van der Waals surface area contributed by atoms with E-state index < -0.39 is 0 Å². The Balaban J connectivity index is 1.82. The second-order valence-corrected chi connectivity index (χ2v) is 6.10. The van der Waals surface area contributed by atoms with E-state index in [0.29, 0.717) is 21.9 Å². The van der Waals surface area contributed by atoms with Gasteiger partial charge in [-0.3, -0.25) is 19.4 Å². The maximum Gasteiger partial charge on any atom is 0.269 e. The van der Waals surface area contributed by atoms with Gasteiger partial charge in [-0.15, -0.1) is 0 Å². The molecule has 0 bridgehead atoms. The van der Waals surface area contributed by atoms with Crippen LogP contribution in [0.5, 0.6) is 0 Å². The lowest BCUT2D eigenvalue weighted by molar-refractivity contribution is 0.816. The molecular weight excluding hydrogens is 322 g/mol. The van der Waals surface area contributed by atoms with E-state index in [9.17, 15) is 4.79 Å². The normalized spacial score (nSPS) is 11.0. The number of rotatable bonds is 4. The van der Waals surface area contributed by atoms with E-state index in [-0.39, 0.29) is 5.56 Å². The number of pyridine rings is 1. The standard InChI is InChI=1S/C17H13N5OS/c23-16-14-10-19-21-15(14)20-17(22(16)13-6-2-1-3-7-13)24-11-12-5-4-8-18-9-12/h1-10H,11H2,(H,19,21). The summed E-state index contributed by atoms with van der Waals surface area (Å²) in [5.74, 6) is 0.673. The molecular formula is C17H13N5OS. The summed E-state index contributed by atoms with van der Waals surface area (Å²) < 4.78 is 1.62. The van der Waals surface area contributed by atoms with Gasteiger partial charge in [-0.1, -0.05) is 36.0 Å². The number of fused-ring (bicyclic) bond motifs is 1. The Hall–Kier alpha value is -2.93. The van der Waals surface area contributed by atoms with Crippen LogP contribution in [-0.2, 0) is 5.75 Å². The van der Waals surface area contributed by atoms with Gasteiger partial charge in [-0.05, 0) is 23.8 Å². The van der Waals surface area contributed by atoms with E-state index >= 15 is 0 Å². The summed E-state index contributed by atoms with van der Waals surface area (Å²) in [5.41, 5.74) is 2.22. The lowest BCUT2D eigenvalue weighted by atomic mass is 10.3. The van der Waals surface area contributed by atoms with Crippen LogP contribution in [0.3, 0.4) is 0 Å². The van der Waals surface area contributed by atoms with Crippen LogP contribution in [0.1, 0.15) is 5.56 Å². The minimum absolute atomic E-state index is 0.131. The highest BCUT2D eigenvalue weighted by molar-refractivity contribution is 7.98. The fourth-order valence-corrected chi connectivity index (χ4v) is 3.35. The maximum absolute atomic E-state index is 12.9. The van der Waals surface area contributed by atoms with Crippen molar-refractivity contribution in [1.29, 1.82) is 0 Å². The van der Waals surface area contributed by atoms with Crippen molar-refractivity contribution in [2.45, 2.75) is 10.9 Å². The predicted octanol–water partition coefficient (Wildman–Crippen LogP) is 2.80. The number of hydrogen-bond donors (Lipinski definition) is 1. The van der Waals surface area contributed by atoms with Crippen molar-refractivity contribution >= 4 is 22.8 Å². The lowest BCUT2D eigenvalue weighted by Crippen LogP contribution is -2.21. The summed E-state index contributed by atoms with van der Waals surface area (Å²) in [6, 6.07) is 13.4. The van der Waals surface area contributed by atoms with E-state index in [1.54, 1.807) is 10.8 Å². The van der Waals surface area contributed by atoms with Crippen molar-refractivity contribution in [1.82, 2.24) is 24.7 Å². The number of hydrogen-bond acceptors (Lipinski definition) is 5. The third-order valence-corrected chi connectivity index (χ3v) is 4.57. The number of H-pyrrole nitrogens is 1. The van der Waals surface area contributed by atoms with Gasteiger partial charge in [-0.25, -0.2) is 4.98 Å². The Bertz CT molecular complexity index is 1030. The fourth-order valence-electron chi connectivity index (χ4n) is 2.41. The average molecular weight is 335 g/mol. The van der Waals surface area contributed by atoms with Gasteiger partial charge >= 0.3 is 0 Å². The zero-order valence-electron chi connectivity index (χ0n) is 12.6. The quantitative estimate of drug-likeness (QED) is 0.458. The molecule has 24 heavy (non-hydrogen) atoms. The van der Waals surface area contributed by atoms with Crippen LogP contribution in [-0.4, -0.2) is 24.7 Å². The van der Waals surface area contributed by atoms with Crippen LogP contribution in [0, 0.1) is 0 Å². The molecule has 118 valence electrons. The van der Waals surface area contributed by atoms with Crippen LogP contribution in [0.15, 0.2) is 71.0 Å².